The van der Waals surface area contributed by atoms with E-state index in [1.54, 1.807) is 13.0 Å². The zero-order valence-corrected chi connectivity index (χ0v) is 15.5. The Balaban J connectivity index is 2.06. The Morgan fingerprint density at radius 1 is 1.14 bits per heavy atom. The van der Waals surface area contributed by atoms with Crippen LogP contribution in [0.4, 0.5) is 0 Å². The van der Waals surface area contributed by atoms with Gasteiger partial charge < -0.3 is 20.1 Å². The van der Waals surface area contributed by atoms with Crippen molar-refractivity contribution in [3.05, 3.63) is 63.9 Å². The second-order valence-corrected chi connectivity index (χ2v) is 6.25. The third kappa shape index (κ3) is 3.73. The molecule has 0 fully saturated rings. The standard InChI is InChI=1S/C21H20N2O5/c1-3-28-16(24)11-22-20(26)17-19(25)15-10-14(13-7-5-4-6-8-13)9-12(2)18(15)23-21(17)27/h4-10H,3,11H2,1-2H3,(H,22,26)(H2,23,25,27). The molecule has 3 N–H and O–H groups in total. The van der Waals surface area contributed by atoms with E-state index in [1.165, 1.54) is 0 Å². The van der Waals surface area contributed by atoms with Gasteiger partial charge in [0.2, 0.25) is 0 Å². The first kappa shape index (κ1) is 19.2. The van der Waals surface area contributed by atoms with Crippen LogP contribution >= 0.6 is 0 Å². The van der Waals surface area contributed by atoms with Gasteiger partial charge in [-0.05, 0) is 42.7 Å². The Labute approximate surface area is 161 Å². The highest BCUT2D eigenvalue weighted by Gasteiger charge is 2.21. The van der Waals surface area contributed by atoms with Gasteiger partial charge in [-0.3, -0.25) is 14.4 Å². The number of carbonyl (C=O) groups excluding carboxylic acids is 2. The van der Waals surface area contributed by atoms with Crippen molar-refractivity contribution in [2.45, 2.75) is 13.8 Å². The van der Waals surface area contributed by atoms with Crippen LogP contribution in [0.1, 0.15) is 22.8 Å². The summed E-state index contributed by atoms with van der Waals surface area (Å²) >= 11 is 0. The first-order chi connectivity index (χ1) is 13.4. The number of hydrogen-bond acceptors (Lipinski definition) is 5. The summed E-state index contributed by atoms with van der Waals surface area (Å²) < 4.78 is 4.74. The molecule has 0 aliphatic carbocycles. The van der Waals surface area contributed by atoms with E-state index in [1.807, 2.05) is 43.3 Å². The number of aromatic hydroxyl groups is 1. The SMILES string of the molecule is CCOC(=O)CNC(=O)c1c(O)c2cc(-c3ccccc3)cc(C)c2[nH]c1=O. The number of carbonyl (C=O) groups is 2. The number of benzene rings is 2. The average Bonchev–Trinajstić information content (AvgIpc) is 2.68. The van der Waals surface area contributed by atoms with Crippen LogP contribution in [0.15, 0.2) is 47.3 Å². The number of esters is 1. The third-order valence-corrected chi connectivity index (χ3v) is 4.33. The Kier molecular flexibility index (Phi) is 5.44. The molecular formula is C21H20N2O5. The van der Waals surface area contributed by atoms with Gasteiger partial charge >= 0.3 is 5.97 Å². The van der Waals surface area contributed by atoms with E-state index in [0.29, 0.717) is 10.9 Å². The van der Waals surface area contributed by atoms with Gasteiger partial charge in [0, 0.05) is 5.39 Å². The van der Waals surface area contributed by atoms with Crippen molar-refractivity contribution in [3.8, 4) is 16.9 Å². The fourth-order valence-electron chi connectivity index (χ4n) is 3.02. The van der Waals surface area contributed by atoms with Crippen LogP contribution in [0.2, 0.25) is 0 Å². The molecule has 0 atom stereocenters. The average molecular weight is 380 g/mol. The topological polar surface area (TPSA) is 108 Å². The van der Waals surface area contributed by atoms with Gasteiger partial charge in [-0.2, -0.15) is 0 Å². The lowest BCUT2D eigenvalue weighted by Crippen LogP contribution is -2.34. The van der Waals surface area contributed by atoms with Crippen molar-refractivity contribution in [1.82, 2.24) is 10.3 Å². The molecule has 0 saturated carbocycles. The van der Waals surface area contributed by atoms with E-state index >= 15 is 0 Å². The minimum absolute atomic E-state index is 0.179. The lowest BCUT2D eigenvalue weighted by molar-refractivity contribution is -0.141. The summed E-state index contributed by atoms with van der Waals surface area (Å²) in [5.74, 6) is -1.91. The number of hydrogen-bond donors (Lipinski definition) is 3. The minimum Gasteiger partial charge on any atom is -0.506 e. The van der Waals surface area contributed by atoms with Crippen molar-refractivity contribution < 1.29 is 19.4 Å². The van der Waals surface area contributed by atoms with Gasteiger partial charge in [0.05, 0.1) is 12.1 Å². The molecule has 0 bridgehead atoms. The summed E-state index contributed by atoms with van der Waals surface area (Å²) in [4.78, 5) is 38.8. The summed E-state index contributed by atoms with van der Waals surface area (Å²) in [7, 11) is 0. The minimum atomic E-state index is -0.850. The first-order valence-electron chi connectivity index (χ1n) is 8.81. The van der Waals surface area contributed by atoms with E-state index in [4.69, 9.17) is 4.74 Å². The van der Waals surface area contributed by atoms with Crippen LogP contribution in [0.5, 0.6) is 5.75 Å². The zero-order chi connectivity index (χ0) is 20.3. The molecule has 0 radical (unpaired) electrons. The molecule has 144 valence electrons. The molecule has 0 saturated heterocycles. The fourth-order valence-corrected chi connectivity index (χ4v) is 3.02. The number of aromatic nitrogens is 1. The highest BCUT2D eigenvalue weighted by atomic mass is 16.5. The van der Waals surface area contributed by atoms with Crippen LogP contribution in [0, 0.1) is 6.92 Å². The molecule has 7 heteroatoms. The van der Waals surface area contributed by atoms with Gasteiger partial charge in [-0.25, -0.2) is 0 Å². The number of rotatable bonds is 5. The quantitative estimate of drug-likeness (QED) is 0.590. The monoisotopic (exact) mass is 380 g/mol. The molecule has 1 aromatic heterocycles. The molecule has 1 amide bonds. The molecule has 0 spiro atoms. The number of pyridine rings is 1. The van der Waals surface area contributed by atoms with E-state index in [-0.39, 0.29) is 6.61 Å². The van der Waals surface area contributed by atoms with Crippen molar-refractivity contribution in [1.29, 1.82) is 0 Å². The van der Waals surface area contributed by atoms with Crippen LogP contribution < -0.4 is 10.9 Å². The lowest BCUT2D eigenvalue weighted by Gasteiger charge is -2.12. The molecule has 2 aromatic carbocycles. The maximum Gasteiger partial charge on any atom is 0.325 e. The van der Waals surface area contributed by atoms with Crippen molar-refractivity contribution in [2.24, 2.45) is 0 Å². The van der Waals surface area contributed by atoms with E-state index in [9.17, 15) is 19.5 Å². The van der Waals surface area contributed by atoms with Crippen LogP contribution in [0.25, 0.3) is 22.0 Å². The molecular weight excluding hydrogens is 360 g/mol. The number of ether oxygens (including phenoxy) is 1. The van der Waals surface area contributed by atoms with Gasteiger partial charge in [-0.15, -0.1) is 0 Å². The number of aryl methyl sites for hydroxylation is 1. The number of H-pyrrole nitrogens is 1. The number of fused-ring (bicyclic) bond motifs is 1. The highest BCUT2D eigenvalue weighted by molar-refractivity contribution is 6.04. The molecule has 3 aromatic rings. The molecule has 0 aliphatic rings. The molecule has 0 aliphatic heterocycles. The summed E-state index contributed by atoms with van der Waals surface area (Å²) in [6.07, 6.45) is 0. The second kappa shape index (κ2) is 7.96. The molecule has 7 nitrogen and oxygen atoms in total. The van der Waals surface area contributed by atoms with Gasteiger partial charge in [-0.1, -0.05) is 30.3 Å². The Morgan fingerprint density at radius 2 is 1.86 bits per heavy atom. The zero-order valence-electron chi connectivity index (χ0n) is 15.5. The number of aromatic amines is 1. The summed E-state index contributed by atoms with van der Waals surface area (Å²) in [6.45, 7) is 3.24. The number of nitrogens with one attached hydrogen (secondary N) is 2. The lowest BCUT2D eigenvalue weighted by atomic mass is 9.98. The third-order valence-electron chi connectivity index (χ3n) is 4.33. The second-order valence-electron chi connectivity index (χ2n) is 6.25. The summed E-state index contributed by atoms with van der Waals surface area (Å²) in [5, 5.41) is 13.3. The Hall–Kier alpha value is -3.61. The van der Waals surface area contributed by atoms with E-state index in [0.717, 1.165) is 16.7 Å². The predicted molar refractivity (Wildman–Crippen MR) is 105 cm³/mol. The van der Waals surface area contributed by atoms with Crippen LogP contribution in [-0.4, -0.2) is 35.1 Å². The molecule has 1 heterocycles. The van der Waals surface area contributed by atoms with E-state index < -0.39 is 35.3 Å². The number of amides is 1. The van der Waals surface area contributed by atoms with Crippen molar-refractivity contribution >= 4 is 22.8 Å². The summed E-state index contributed by atoms with van der Waals surface area (Å²) in [6, 6.07) is 13.2. The molecule has 3 rings (SSSR count). The Bertz CT molecular complexity index is 1100. The van der Waals surface area contributed by atoms with Gasteiger partial charge in [0.15, 0.2) is 0 Å². The Morgan fingerprint density at radius 3 is 2.54 bits per heavy atom. The van der Waals surface area contributed by atoms with E-state index in [2.05, 4.69) is 10.3 Å². The maximum absolute atomic E-state index is 12.4. The first-order valence-corrected chi connectivity index (χ1v) is 8.81. The van der Waals surface area contributed by atoms with Crippen molar-refractivity contribution in [3.63, 3.8) is 0 Å². The molecule has 0 unspecified atom stereocenters. The van der Waals surface area contributed by atoms with Gasteiger partial charge in [0.25, 0.3) is 11.5 Å². The van der Waals surface area contributed by atoms with Crippen LogP contribution in [0.3, 0.4) is 0 Å². The smallest absolute Gasteiger partial charge is 0.325 e. The molecule has 28 heavy (non-hydrogen) atoms. The highest BCUT2D eigenvalue weighted by Crippen LogP contribution is 2.32. The largest absolute Gasteiger partial charge is 0.506 e. The normalized spacial score (nSPS) is 10.6. The van der Waals surface area contributed by atoms with Crippen LogP contribution in [-0.2, 0) is 9.53 Å². The predicted octanol–water partition coefficient (Wildman–Crippen LogP) is 2.50. The van der Waals surface area contributed by atoms with Gasteiger partial charge in [0.1, 0.15) is 17.9 Å². The van der Waals surface area contributed by atoms with Crippen molar-refractivity contribution in [2.75, 3.05) is 13.2 Å². The maximum atomic E-state index is 12.4. The fraction of sp³-hybridized carbons (Fsp3) is 0.190. The summed E-state index contributed by atoms with van der Waals surface area (Å²) in [5.41, 5.74) is 1.80.